The van der Waals surface area contributed by atoms with Crippen LogP contribution < -0.4 is 16.6 Å². The molecular formula is C22H21ClN4O4. The van der Waals surface area contributed by atoms with E-state index in [-0.39, 0.29) is 23.9 Å². The number of rotatable bonds is 6. The molecule has 9 heteroatoms. The first-order valence-corrected chi connectivity index (χ1v) is 10.3. The molecule has 31 heavy (non-hydrogen) atoms. The lowest BCUT2D eigenvalue weighted by molar-refractivity contribution is -0.122. The molecule has 4 N–H and O–H groups in total. The third-order valence-corrected chi connectivity index (χ3v) is 5.64. The number of oxazole rings is 1. The van der Waals surface area contributed by atoms with E-state index in [9.17, 15) is 14.4 Å². The van der Waals surface area contributed by atoms with Crippen LogP contribution in [0.15, 0.2) is 45.7 Å². The summed E-state index contributed by atoms with van der Waals surface area (Å²) in [5, 5.41) is 3.54. The number of aromatic nitrogens is 2. The Hall–Kier alpha value is -3.39. The van der Waals surface area contributed by atoms with Crippen molar-refractivity contribution in [3.8, 4) is 11.3 Å². The number of nitrogens with one attached hydrogen (secondary N) is 2. The van der Waals surface area contributed by atoms with Gasteiger partial charge in [0.05, 0.1) is 17.3 Å². The molecule has 2 amide bonds. The van der Waals surface area contributed by atoms with Gasteiger partial charge in [-0.05, 0) is 43.0 Å². The van der Waals surface area contributed by atoms with Crippen molar-refractivity contribution < 1.29 is 14.0 Å². The topological polar surface area (TPSA) is 131 Å². The van der Waals surface area contributed by atoms with Gasteiger partial charge in [-0.1, -0.05) is 23.7 Å². The molecule has 0 aliphatic heterocycles. The van der Waals surface area contributed by atoms with Crippen LogP contribution in [0, 0.1) is 0 Å². The predicted molar refractivity (Wildman–Crippen MR) is 115 cm³/mol. The normalized spacial score (nSPS) is 15.3. The highest BCUT2D eigenvalue weighted by Crippen LogP contribution is 2.29. The Morgan fingerprint density at radius 1 is 1.32 bits per heavy atom. The summed E-state index contributed by atoms with van der Waals surface area (Å²) in [4.78, 5) is 43.0. The molecular weight excluding hydrogens is 420 g/mol. The fraction of sp³-hybridized carbons (Fsp3) is 0.273. The molecule has 0 saturated heterocycles. The number of aromatic amines is 1. The number of primary amides is 1. The van der Waals surface area contributed by atoms with Gasteiger partial charge in [0.25, 0.3) is 11.5 Å². The molecule has 1 atom stereocenters. The summed E-state index contributed by atoms with van der Waals surface area (Å²) >= 11 is 6.18. The third-order valence-electron chi connectivity index (χ3n) is 5.31. The van der Waals surface area contributed by atoms with Crippen molar-refractivity contribution in [1.82, 2.24) is 15.3 Å². The number of pyridine rings is 1. The molecule has 8 nitrogen and oxygen atoms in total. The van der Waals surface area contributed by atoms with Crippen LogP contribution in [-0.2, 0) is 17.6 Å². The fourth-order valence-corrected chi connectivity index (χ4v) is 4.00. The number of benzene rings is 1. The minimum Gasteiger partial charge on any atom is -0.441 e. The van der Waals surface area contributed by atoms with Crippen molar-refractivity contribution in [2.75, 3.05) is 0 Å². The Bertz CT molecular complexity index is 1200. The number of amides is 2. The molecule has 160 valence electrons. The highest BCUT2D eigenvalue weighted by atomic mass is 35.5. The number of nitrogens with zero attached hydrogens (tertiary/aromatic N) is 1. The van der Waals surface area contributed by atoms with Gasteiger partial charge in [-0.15, -0.1) is 0 Å². The maximum atomic E-state index is 12.5. The van der Waals surface area contributed by atoms with Crippen LogP contribution in [0.4, 0.5) is 0 Å². The second-order valence-corrected chi connectivity index (χ2v) is 7.83. The van der Waals surface area contributed by atoms with Gasteiger partial charge in [0.1, 0.15) is 5.56 Å². The van der Waals surface area contributed by atoms with E-state index >= 15 is 0 Å². The Kier molecular flexibility index (Phi) is 5.90. The van der Waals surface area contributed by atoms with Crippen molar-refractivity contribution in [1.29, 1.82) is 0 Å². The SMILES string of the molecule is NC(=O)c1cc2c([nH]c1=O)CCCC2NC(=O)CCc1ncc(-c2ccccc2Cl)o1. The van der Waals surface area contributed by atoms with E-state index in [0.717, 1.165) is 23.2 Å². The first kappa shape index (κ1) is 20.9. The molecule has 1 unspecified atom stereocenters. The Balaban J connectivity index is 1.42. The average molecular weight is 441 g/mol. The van der Waals surface area contributed by atoms with Gasteiger partial charge in [-0.3, -0.25) is 14.4 Å². The number of hydrogen-bond acceptors (Lipinski definition) is 5. The van der Waals surface area contributed by atoms with Gasteiger partial charge in [-0.25, -0.2) is 4.98 Å². The van der Waals surface area contributed by atoms with Gasteiger partial charge in [0.2, 0.25) is 5.91 Å². The second kappa shape index (κ2) is 8.77. The lowest BCUT2D eigenvalue weighted by Crippen LogP contribution is -2.34. The lowest BCUT2D eigenvalue weighted by atomic mass is 9.90. The van der Waals surface area contributed by atoms with Crippen LogP contribution in [-0.4, -0.2) is 21.8 Å². The molecule has 0 spiro atoms. The van der Waals surface area contributed by atoms with Crippen LogP contribution in [0.2, 0.25) is 5.02 Å². The summed E-state index contributed by atoms with van der Waals surface area (Å²) < 4.78 is 5.74. The maximum Gasteiger partial charge on any atom is 0.261 e. The smallest absolute Gasteiger partial charge is 0.261 e. The molecule has 0 bridgehead atoms. The van der Waals surface area contributed by atoms with E-state index in [1.54, 1.807) is 12.3 Å². The lowest BCUT2D eigenvalue weighted by Gasteiger charge is -2.26. The minimum atomic E-state index is -0.794. The molecule has 1 aromatic carbocycles. The summed E-state index contributed by atoms with van der Waals surface area (Å²) in [5.74, 6) is 0.0136. The number of hydrogen-bond donors (Lipinski definition) is 3. The van der Waals surface area contributed by atoms with Crippen molar-refractivity contribution in [3.63, 3.8) is 0 Å². The van der Waals surface area contributed by atoms with Crippen LogP contribution >= 0.6 is 11.6 Å². The van der Waals surface area contributed by atoms with Crippen LogP contribution in [0.5, 0.6) is 0 Å². The van der Waals surface area contributed by atoms with Crippen molar-refractivity contribution in [3.05, 3.63) is 74.6 Å². The number of carbonyl (C=O) groups is 2. The molecule has 4 rings (SSSR count). The van der Waals surface area contributed by atoms with Gasteiger partial charge in [0.15, 0.2) is 11.7 Å². The zero-order valence-corrected chi connectivity index (χ0v) is 17.4. The predicted octanol–water partition coefficient (Wildman–Crippen LogP) is 2.91. The van der Waals surface area contributed by atoms with Gasteiger partial charge < -0.3 is 20.5 Å². The van der Waals surface area contributed by atoms with E-state index in [4.69, 9.17) is 21.8 Å². The minimum absolute atomic E-state index is 0.105. The summed E-state index contributed by atoms with van der Waals surface area (Å²) in [7, 11) is 0. The highest BCUT2D eigenvalue weighted by Gasteiger charge is 2.25. The summed E-state index contributed by atoms with van der Waals surface area (Å²) in [6, 6.07) is 8.49. The Morgan fingerprint density at radius 2 is 2.13 bits per heavy atom. The first-order chi connectivity index (χ1) is 14.9. The van der Waals surface area contributed by atoms with Gasteiger partial charge in [-0.2, -0.15) is 0 Å². The van der Waals surface area contributed by atoms with Crippen LogP contribution in [0.3, 0.4) is 0 Å². The van der Waals surface area contributed by atoms with E-state index in [2.05, 4.69) is 15.3 Å². The van der Waals surface area contributed by atoms with E-state index in [0.29, 0.717) is 35.9 Å². The van der Waals surface area contributed by atoms with E-state index in [1.165, 1.54) is 6.07 Å². The highest BCUT2D eigenvalue weighted by molar-refractivity contribution is 6.33. The maximum absolute atomic E-state index is 12.5. The molecule has 1 aliphatic rings. The molecule has 2 aromatic heterocycles. The number of carbonyl (C=O) groups excluding carboxylic acids is 2. The Morgan fingerprint density at radius 3 is 2.90 bits per heavy atom. The van der Waals surface area contributed by atoms with Crippen molar-refractivity contribution in [2.45, 2.75) is 38.1 Å². The van der Waals surface area contributed by atoms with Crippen LogP contribution in [0.25, 0.3) is 11.3 Å². The monoisotopic (exact) mass is 440 g/mol. The molecule has 0 fully saturated rings. The zero-order chi connectivity index (χ0) is 22.0. The number of nitrogens with two attached hydrogens (primary N) is 1. The standard InChI is InChI=1S/C22H21ClN4O4/c23-15-5-2-1-4-12(15)18-11-25-20(31-18)9-8-19(28)26-16-6-3-7-17-13(16)10-14(21(24)29)22(30)27-17/h1-2,4-5,10-11,16H,3,6-9H2,(H2,24,29)(H,26,28)(H,27,30). The second-order valence-electron chi connectivity index (χ2n) is 7.42. The number of fused-ring (bicyclic) bond motifs is 1. The average Bonchev–Trinajstić information content (AvgIpc) is 3.21. The van der Waals surface area contributed by atoms with E-state index in [1.807, 2.05) is 18.2 Å². The number of halogens is 1. The molecule has 1 aliphatic carbocycles. The Labute approximate surface area is 182 Å². The molecule has 0 saturated carbocycles. The first-order valence-electron chi connectivity index (χ1n) is 9.97. The summed E-state index contributed by atoms with van der Waals surface area (Å²) in [6.45, 7) is 0. The zero-order valence-electron chi connectivity index (χ0n) is 16.6. The number of aryl methyl sites for hydroxylation is 2. The van der Waals surface area contributed by atoms with Crippen molar-refractivity contribution >= 4 is 23.4 Å². The summed E-state index contributed by atoms with van der Waals surface area (Å²) in [6.07, 6.45) is 4.29. The van der Waals surface area contributed by atoms with Crippen molar-refractivity contribution in [2.24, 2.45) is 5.73 Å². The van der Waals surface area contributed by atoms with Gasteiger partial charge >= 0.3 is 0 Å². The fourth-order valence-electron chi connectivity index (χ4n) is 3.77. The van der Waals surface area contributed by atoms with Gasteiger partial charge in [0, 0.05) is 24.1 Å². The number of H-pyrrole nitrogens is 1. The summed E-state index contributed by atoms with van der Waals surface area (Å²) in [5.41, 5.74) is 6.87. The quantitative estimate of drug-likeness (QED) is 0.542. The molecule has 2 heterocycles. The van der Waals surface area contributed by atoms with E-state index < -0.39 is 11.5 Å². The molecule has 0 radical (unpaired) electrons. The van der Waals surface area contributed by atoms with Crippen LogP contribution in [0.1, 0.15) is 52.8 Å². The molecule has 3 aromatic rings. The third kappa shape index (κ3) is 4.54. The largest absolute Gasteiger partial charge is 0.441 e.